The van der Waals surface area contributed by atoms with Crippen molar-refractivity contribution in [1.29, 1.82) is 0 Å². The number of aromatic nitrogens is 3. The summed E-state index contributed by atoms with van der Waals surface area (Å²) in [7, 11) is -3.40. The van der Waals surface area contributed by atoms with Gasteiger partial charge in [0.15, 0.2) is 5.82 Å². The minimum atomic E-state index is -3.40. The van der Waals surface area contributed by atoms with E-state index in [1.54, 1.807) is 0 Å². The summed E-state index contributed by atoms with van der Waals surface area (Å²) < 4.78 is 36.1. The SMILES string of the molecule is C=C1/C=C\C=C/C/C(CCS(=O)(=O)NCCCOc2ccc3c(c2)nc(N)c2nc(CCC)n(CC(C)C)c23)=C\C=C/1. The number of anilines is 1. The number of nitrogen functional groups attached to an aromatic ring is 1. The minimum absolute atomic E-state index is 0.0394. The molecule has 0 aliphatic heterocycles. The number of nitrogens with one attached hydrogen (secondary N) is 1. The molecule has 0 amide bonds. The average Bonchev–Trinajstić information content (AvgIpc) is 3.29. The molecule has 3 N–H and O–H groups in total. The molecule has 2 heterocycles. The van der Waals surface area contributed by atoms with Crippen LogP contribution in [0.4, 0.5) is 5.82 Å². The monoisotopic (exact) mass is 589 g/mol. The fraction of sp³-hybridized carbons (Fsp3) is 0.394. The Balaban J connectivity index is 1.34. The van der Waals surface area contributed by atoms with Gasteiger partial charge >= 0.3 is 0 Å². The predicted molar refractivity (Wildman–Crippen MR) is 174 cm³/mol. The molecule has 3 aromatic rings. The molecule has 0 unspecified atom stereocenters. The molecule has 4 rings (SSSR count). The summed E-state index contributed by atoms with van der Waals surface area (Å²) in [5.74, 6) is 2.62. The maximum absolute atomic E-state index is 12.6. The lowest BCUT2D eigenvalue weighted by Gasteiger charge is -2.13. The van der Waals surface area contributed by atoms with E-state index < -0.39 is 10.0 Å². The number of imidazole rings is 1. The Labute approximate surface area is 249 Å². The summed E-state index contributed by atoms with van der Waals surface area (Å²) in [6, 6.07) is 5.83. The van der Waals surface area contributed by atoms with Gasteiger partial charge in [0.25, 0.3) is 0 Å². The molecule has 8 nitrogen and oxygen atoms in total. The van der Waals surface area contributed by atoms with Crippen molar-refractivity contribution in [3.63, 3.8) is 0 Å². The first-order valence-electron chi connectivity index (χ1n) is 14.7. The predicted octanol–water partition coefficient (Wildman–Crippen LogP) is 6.41. The van der Waals surface area contributed by atoms with Gasteiger partial charge < -0.3 is 15.0 Å². The van der Waals surface area contributed by atoms with E-state index in [1.165, 1.54) is 0 Å². The van der Waals surface area contributed by atoms with Gasteiger partial charge in [0.2, 0.25) is 10.0 Å². The zero-order valence-electron chi connectivity index (χ0n) is 25.0. The minimum Gasteiger partial charge on any atom is -0.493 e. The van der Waals surface area contributed by atoms with E-state index in [0.717, 1.165) is 58.3 Å². The van der Waals surface area contributed by atoms with Crippen molar-refractivity contribution in [2.24, 2.45) is 5.92 Å². The summed E-state index contributed by atoms with van der Waals surface area (Å²) in [6.07, 6.45) is 17.2. The van der Waals surface area contributed by atoms with Crippen LogP contribution in [0.1, 0.15) is 52.3 Å². The second kappa shape index (κ2) is 14.5. The molecule has 0 radical (unpaired) electrons. The molecule has 0 bridgehead atoms. The molecule has 1 aromatic carbocycles. The fourth-order valence-electron chi connectivity index (χ4n) is 4.93. The summed E-state index contributed by atoms with van der Waals surface area (Å²) in [5, 5.41) is 0.993. The first-order valence-corrected chi connectivity index (χ1v) is 16.4. The van der Waals surface area contributed by atoms with Crippen LogP contribution < -0.4 is 15.2 Å². The summed E-state index contributed by atoms with van der Waals surface area (Å²) in [6.45, 7) is 12.0. The van der Waals surface area contributed by atoms with Crippen molar-refractivity contribution < 1.29 is 13.2 Å². The van der Waals surface area contributed by atoms with Crippen LogP contribution in [0.3, 0.4) is 0 Å². The van der Waals surface area contributed by atoms with Gasteiger partial charge in [-0.1, -0.05) is 75.5 Å². The van der Waals surface area contributed by atoms with Crippen LogP contribution in [-0.4, -0.2) is 41.9 Å². The Morgan fingerprint density at radius 1 is 1.14 bits per heavy atom. The number of nitrogens with zero attached hydrogens (tertiary/aromatic N) is 3. The maximum atomic E-state index is 12.6. The van der Waals surface area contributed by atoms with Gasteiger partial charge in [-0.3, -0.25) is 0 Å². The number of hydrogen-bond acceptors (Lipinski definition) is 6. The second-order valence-electron chi connectivity index (χ2n) is 11.1. The van der Waals surface area contributed by atoms with Gasteiger partial charge in [-0.05, 0) is 49.3 Å². The molecule has 1 aliphatic carbocycles. The van der Waals surface area contributed by atoms with E-state index in [9.17, 15) is 8.42 Å². The number of aryl methyl sites for hydroxylation is 1. The van der Waals surface area contributed by atoms with E-state index in [1.807, 2.05) is 60.7 Å². The van der Waals surface area contributed by atoms with Crippen molar-refractivity contribution in [2.45, 2.75) is 59.4 Å². The molecule has 1 aliphatic rings. The number of ether oxygens (including phenoxy) is 1. The van der Waals surface area contributed by atoms with Crippen molar-refractivity contribution in [3.05, 3.63) is 84.3 Å². The molecule has 9 heteroatoms. The highest BCUT2D eigenvalue weighted by molar-refractivity contribution is 7.89. The van der Waals surface area contributed by atoms with Gasteiger partial charge in [0.05, 0.1) is 23.4 Å². The lowest BCUT2D eigenvalue weighted by Crippen LogP contribution is -2.28. The number of fused-ring (bicyclic) bond motifs is 3. The summed E-state index contributed by atoms with van der Waals surface area (Å²) >= 11 is 0. The molecule has 0 saturated carbocycles. The van der Waals surface area contributed by atoms with E-state index in [-0.39, 0.29) is 5.75 Å². The number of nitrogens with two attached hydrogens (primary N) is 1. The third kappa shape index (κ3) is 8.42. The molecular formula is C33H43N5O3S. The number of rotatable bonds is 13. The van der Waals surface area contributed by atoms with Gasteiger partial charge in [0, 0.05) is 31.0 Å². The number of hydrogen-bond donors (Lipinski definition) is 2. The molecular weight excluding hydrogens is 546 g/mol. The van der Waals surface area contributed by atoms with Crippen molar-refractivity contribution in [1.82, 2.24) is 19.3 Å². The first-order chi connectivity index (χ1) is 20.2. The Morgan fingerprint density at radius 3 is 2.74 bits per heavy atom. The van der Waals surface area contributed by atoms with Gasteiger partial charge in [0.1, 0.15) is 17.1 Å². The highest BCUT2D eigenvalue weighted by atomic mass is 32.2. The highest BCUT2D eigenvalue weighted by Crippen LogP contribution is 2.32. The zero-order chi connectivity index (χ0) is 30.1. The lowest BCUT2D eigenvalue weighted by molar-refractivity contribution is 0.312. The molecule has 0 fully saturated rings. The Hall–Kier alpha value is -3.69. The van der Waals surface area contributed by atoms with E-state index in [0.29, 0.717) is 49.9 Å². The van der Waals surface area contributed by atoms with Gasteiger partial charge in [-0.15, -0.1) is 0 Å². The third-order valence-corrected chi connectivity index (χ3v) is 8.34. The fourth-order valence-corrected chi connectivity index (χ4v) is 6.06. The van der Waals surface area contributed by atoms with Crippen LogP contribution in [0.25, 0.3) is 21.9 Å². The first kappa shape index (κ1) is 31.3. The Kier molecular flexibility index (Phi) is 10.8. The Morgan fingerprint density at radius 2 is 1.95 bits per heavy atom. The summed E-state index contributed by atoms with van der Waals surface area (Å²) in [4.78, 5) is 9.48. The number of allylic oxidation sites excluding steroid dienone is 9. The van der Waals surface area contributed by atoms with E-state index in [2.05, 4.69) is 41.6 Å². The quantitative estimate of drug-likeness (QED) is 0.223. The van der Waals surface area contributed by atoms with Crippen LogP contribution in [0.15, 0.2) is 78.5 Å². The van der Waals surface area contributed by atoms with Crippen LogP contribution >= 0.6 is 0 Å². The molecule has 2 aromatic heterocycles. The van der Waals surface area contributed by atoms with Crippen LogP contribution in [0, 0.1) is 5.92 Å². The van der Waals surface area contributed by atoms with E-state index >= 15 is 0 Å². The molecule has 0 atom stereocenters. The van der Waals surface area contributed by atoms with Crippen molar-refractivity contribution in [2.75, 3.05) is 24.6 Å². The lowest BCUT2D eigenvalue weighted by atomic mass is 10.1. The zero-order valence-corrected chi connectivity index (χ0v) is 25.8. The molecule has 0 spiro atoms. The van der Waals surface area contributed by atoms with Crippen molar-refractivity contribution in [3.8, 4) is 5.75 Å². The topological polar surface area (TPSA) is 112 Å². The van der Waals surface area contributed by atoms with Crippen LogP contribution in [0.5, 0.6) is 5.75 Å². The third-order valence-electron chi connectivity index (χ3n) is 6.96. The average molecular weight is 590 g/mol. The largest absolute Gasteiger partial charge is 0.493 e. The Bertz CT molecular complexity index is 1650. The second-order valence-corrected chi connectivity index (χ2v) is 13.0. The summed E-state index contributed by atoms with van der Waals surface area (Å²) in [5.41, 5.74) is 10.8. The van der Waals surface area contributed by atoms with Crippen LogP contribution in [0.2, 0.25) is 0 Å². The molecule has 42 heavy (non-hydrogen) atoms. The van der Waals surface area contributed by atoms with Gasteiger partial charge in [-0.25, -0.2) is 23.1 Å². The standard InChI is InChI=1S/C33H43N5O3S/c1-5-11-30-37-31-32(38(30)23-24(2)3)28-17-16-27(22-29(28)36-33(31)34)41-20-10-19-35-42(39,40)21-18-26-14-8-6-7-12-25(4)13-9-15-26/h6-9,12-13,15-17,22,24,35H,4-5,10-11,14,18-21,23H2,1-3H3,(H2,34,36)/b8-6-,12-7-,13-9-,26-15+. The van der Waals surface area contributed by atoms with Gasteiger partial charge in [-0.2, -0.15) is 0 Å². The van der Waals surface area contributed by atoms with Crippen LogP contribution in [-0.2, 0) is 23.0 Å². The van der Waals surface area contributed by atoms with Crippen molar-refractivity contribution >= 4 is 37.8 Å². The molecule has 224 valence electrons. The molecule has 0 saturated heterocycles. The number of sulfonamides is 1. The maximum Gasteiger partial charge on any atom is 0.211 e. The number of pyridine rings is 1. The number of benzene rings is 1. The van der Waals surface area contributed by atoms with E-state index in [4.69, 9.17) is 15.5 Å². The smallest absolute Gasteiger partial charge is 0.211 e. The highest BCUT2D eigenvalue weighted by Gasteiger charge is 2.18. The normalized spacial score (nSPS) is 17.8.